The largest absolute Gasteiger partial charge is 0.478 e. The van der Waals surface area contributed by atoms with Gasteiger partial charge in [0.2, 0.25) is 0 Å². The molecule has 1 aromatic carbocycles. The normalized spacial score (nSPS) is 10.2. The number of carbonyl (C=O) groups is 1. The second-order valence-electron chi connectivity index (χ2n) is 4.24. The lowest BCUT2D eigenvalue weighted by molar-refractivity contribution is 0.0695. The Morgan fingerprint density at radius 2 is 2.29 bits per heavy atom. The fourth-order valence-corrected chi connectivity index (χ4v) is 2.23. The minimum Gasteiger partial charge on any atom is -0.478 e. The predicted octanol–water partition coefficient (Wildman–Crippen LogP) is 3.67. The molecule has 7 heteroatoms. The summed E-state index contributed by atoms with van der Waals surface area (Å²) in [6, 6.07) is 6.17. The van der Waals surface area contributed by atoms with Gasteiger partial charge in [-0.3, -0.25) is 0 Å². The second kappa shape index (κ2) is 5.97. The summed E-state index contributed by atoms with van der Waals surface area (Å²) in [4.78, 5) is 10.9. The number of hydrogen-bond donors (Lipinski definition) is 2. The number of carboxylic acid groups (broad SMARTS) is 1. The Morgan fingerprint density at radius 3 is 2.86 bits per heavy atom. The summed E-state index contributed by atoms with van der Waals surface area (Å²) in [5.41, 5.74) is 0.458. The molecule has 0 amide bonds. The molecule has 2 N–H and O–H groups in total. The van der Waals surface area contributed by atoms with Crippen molar-refractivity contribution >= 4 is 27.6 Å². The van der Waals surface area contributed by atoms with E-state index in [2.05, 4.69) is 21.2 Å². The molecule has 0 bridgehead atoms. The van der Waals surface area contributed by atoms with Gasteiger partial charge in [0, 0.05) is 0 Å². The molecule has 0 saturated heterocycles. The van der Waals surface area contributed by atoms with Gasteiger partial charge in [-0.1, -0.05) is 0 Å². The van der Waals surface area contributed by atoms with Gasteiger partial charge in [0.1, 0.15) is 23.2 Å². The van der Waals surface area contributed by atoms with Gasteiger partial charge >= 0.3 is 5.97 Å². The van der Waals surface area contributed by atoms with Crippen LogP contribution in [0.1, 0.15) is 27.4 Å². The van der Waals surface area contributed by atoms with E-state index in [-0.39, 0.29) is 27.8 Å². The molecule has 5 nitrogen and oxygen atoms in total. The second-order valence-corrected chi connectivity index (χ2v) is 5.03. The molecular formula is C14H10BrFN2O3. The Labute approximate surface area is 128 Å². The molecular weight excluding hydrogens is 343 g/mol. The van der Waals surface area contributed by atoms with Crippen molar-refractivity contribution in [2.24, 2.45) is 0 Å². The Hall–Kier alpha value is -2.33. The van der Waals surface area contributed by atoms with Crippen LogP contribution in [0.15, 0.2) is 27.1 Å². The molecule has 0 spiro atoms. The third-order valence-electron chi connectivity index (χ3n) is 2.86. The van der Waals surface area contributed by atoms with Crippen LogP contribution in [0.2, 0.25) is 0 Å². The van der Waals surface area contributed by atoms with Crippen molar-refractivity contribution in [3.05, 3.63) is 51.1 Å². The zero-order chi connectivity index (χ0) is 15.6. The van der Waals surface area contributed by atoms with Crippen LogP contribution in [0.4, 0.5) is 10.1 Å². The van der Waals surface area contributed by atoms with Crippen molar-refractivity contribution in [1.82, 2.24) is 0 Å². The zero-order valence-electron chi connectivity index (χ0n) is 10.9. The lowest BCUT2D eigenvalue weighted by Crippen LogP contribution is -2.02. The SMILES string of the molecule is Cc1oc(CNc2ccc(C#N)c(Br)c2F)cc1C(=O)O. The first-order valence-corrected chi connectivity index (χ1v) is 6.68. The van der Waals surface area contributed by atoms with Crippen LogP contribution in [-0.2, 0) is 6.54 Å². The summed E-state index contributed by atoms with van der Waals surface area (Å²) in [5, 5.41) is 20.5. The van der Waals surface area contributed by atoms with Gasteiger partial charge in [-0.25, -0.2) is 9.18 Å². The summed E-state index contributed by atoms with van der Waals surface area (Å²) >= 11 is 3.01. The molecule has 0 fully saturated rings. The molecule has 0 radical (unpaired) electrons. The van der Waals surface area contributed by atoms with Crippen molar-refractivity contribution < 1.29 is 18.7 Å². The van der Waals surface area contributed by atoms with Crippen LogP contribution in [-0.4, -0.2) is 11.1 Å². The topological polar surface area (TPSA) is 86.3 Å². The first-order chi connectivity index (χ1) is 9.93. The maximum absolute atomic E-state index is 14.0. The highest BCUT2D eigenvalue weighted by Crippen LogP contribution is 2.27. The number of benzene rings is 1. The molecule has 0 aliphatic carbocycles. The molecule has 0 unspecified atom stereocenters. The van der Waals surface area contributed by atoms with E-state index < -0.39 is 11.8 Å². The summed E-state index contributed by atoms with van der Waals surface area (Å²) < 4.78 is 19.3. The number of rotatable bonds is 4. The first-order valence-electron chi connectivity index (χ1n) is 5.88. The van der Waals surface area contributed by atoms with Crippen molar-refractivity contribution in [3.63, 3.8) is 0 Å². The molecule has 2 aromatic rings. The summed E-state index contributed by atoms with van der Waals surface area (Å²) in [5.74, 6) is -0.990. The number of nitriles is 1. The summed E-state index contributed by atoms with van der Waals surface area (Å²) in [7, 11) is 0. The molecule has 0 aliphatic heterocycles. The third-order valence-corrected chi connectivity index (χ3v) is 3.63. The molecule has 0 aliphatic rings. The highest BCUT2D eigenvalue weighted by atomic mass is 79.9. The van der Waals surface area contributed by atoms with Gasteiger partial charge in [-0.05, 0) is 41.1 Å². The number of anilines is 1. The monoisotopic (exact) mass is 352 g/mol. The highest BCUT2D eigenvalue weighted by molar-refractivity contribution is 9.10. The molecule has 0 atom stereocenters. The minimum absolute atomic E-state index is 0.0771. The number of aromatic carboxylic acids is 1. The standard InChI is InChI=1S/C14H10BrFN2O3/c1-7-10(14(19)20)4-9(21-7)6-18-11-3-2-8(5-17)12(15)13(11)16/h2-4,18H,6H2,1H3,(H,19,20). The van der Waals surface area contributed by atoms with Crippen LogP contribution in [0.5, 0.6) is 0 Å². The molecule has 1 heterocycles. The van der Waals surface area contributed by atoms with E-state index in [1.807, 2.05) is 6.07 Å². The van der Waals surface area contributed by atoms with E-state index in [9.17, 15) is 9.18 Å². The molecule has 0 saturated carbocycles. The first kappa shape index (κ1) is 15.1. The zero-order valence-corrected chi connectivity index (χ0v) is 12.5. The maximum Gasteiger partial charge on any atom is 0.339 e. The number of nitrogens with one attached hydrogen (secondary N) is 1. The lowest BCUT2D eigenvalue weighted by atomic mass is 10.2. The Bertz CT molecular complexity index is 749. The summed E-state index contributed by atoms with van der Waals surface area (Å²) in [6.07, 6.45) is 0. The van der Waals surface area contributed by atoms with Crippen LogP contribution in [0, 0.1) is 24.1 Å². The number of halogens is 2. The smallest absolute Gasteiger partial charge is 0.339 e. The number of furan rings is 1. The number of hydrogen-bond acceptors (Lipinski definition) is 4. The van der Waals surface area contributed by atoms with E-state index in [1.54, 1.807) is 6.92 Å². The van der Waals surface area contributed by atoms with E-state index in [1.165, 1.54) is 18.2 Å². The van der Waals surface area contributed by atoms with Crippen LogP contribution >= 0.6 is 15.9 Å². The molecule has 2 rings (SSSR count). The van der Waals surface area contributed by atoms with Gasteiger partial charge < -0.3 is 14.8 Å². The maximum atomic E-state index is 14.0. The average Bonchev–Trinajstić information content (AvgIpc) is 2.82. The van der Waals surface area contributed by atoms with Crippen molar-refractivity contribution in [2.45, 2.75) is 13.5 Å². The third kappa shape index (κ3) is 3.06. The Kier molecular flexibility index (Phi) is 4.29. The van der Waals surface area contributed by atoms with Crippen LogP contribution in [0.3, 0.4) is 0 Å². The summed E-state index contributed by atoms with van der Waals surface area (Å²) in [6.45, 7) is 1.68. The Balaban J connectivity index is 2.17. The van der Waals surface area contributed by atoms with Crippen molar-refractivity contribution in [2.75, 3.05) is 5.32 Å². The van der Waals surface area contributed by atoms with Crippen molar-refractivity contribution in [1.29, 1.82) is 5.26 Å². The van der Waals surface area contributed by atoms with E-state index >= 15 is 0 Å². The molecule has 108 valence electrons. The fourth-order valence-electron chi connectivity index (χ4n) is 1.80. The van der Waals surface area contributed by atoms with Crippen LogP contribution in [0.25, 0.3) is 0 Å². The van der Waals surface area contributed by atoms with E-state index in [0.29, 0.717) is 11.5 Å². The number of carboxylic acids is 1. The lowest BCUT2D eigenvalue weighted by Gasteiger charge is -2.07. The highest BCUT2D eigenvalue weighted by Gasteiger charge is 2.15. The van der Waals surface area contributed by atoms with Gasteiger partial charge in [-0.15, -0.1) is 0 Å². The van der Waals surface area contributed by atoms with Gasteiger partial charge in [0.25, 0.3) is 0 Å². The quantitative estimate of drug-likeness (QED) is 0.876. The van der Waals surface area contributed by atoms with Gasteiger partial charge in [0.05, 0.1) is 22.3 Å². The van der Waals surface area contributed by atoms with Gasteiger partial charge in [0.15, 0.2) is 5.82 Å². The number of nitrogens with zero attached hydrogens (tertiary/aromatic N) is 1. The van der Waals surface area contributed by atoms with Crippen molar-refractivity contribution in [3.8, 4) is 6.07 Å². The van der Waals surface area contributed by atoms with E-state index in [0.717, 1.165) is 0 Å². The van der Waals surface area contributed by atoms with Crippen LogP contribution < -0.4 is 5.32 Å². The Morgan fingerprint density at radius 1 is 1.57 bits per heavy atom. The van der Waals surface area contributed by atoms with Gasteiger partial charge in [-0.2, -0.15) is 5.26 Å². The molecule has 1 aromatic heterocycles. The molecule has 21 heavy (non-hydrogen) atoms. The predicted molar refractivity (Wildman–Crippen MR) is 76.5 cm³/mol. The number of aryl methyl sites for hydroxylation is 1. The average molecular weight is 353 g/mol. The minimum atomic E-state index is -1.07. The fraction of sp³-hybridized carbons (Fsp3) is 0.143. The van der Waals surface area contributed by atoms with E-state index in [4.69, 9.17) is 14.8 Å².